The third kappa shape index (κ3) is 5.30. The summed E-state index contributed by atoms with van der Waals surface area (Å²) >= 11 is 5.74. The number of benzene rings is 1. The van der Waals surface area contributed by atoms with Crippen molar-refractivity contribution < 1.29 is 14.6 Å². The number of anilines is 2. The van der Waals surface area contributed by atoms with Crippen molar-refractivity contribution in [2.75, 3.05) is 44.1 Å². The van der Waals surface area contributed by atoms with Gasteiger partial charge in [-0.25, -0.2) is 15.0 Å². The van der Waals surface area contributed by atoms with E-state index in [4.69, 9.17) is 11.6 Å². The lowest BCUT2D eigenvalue weighted by Crippen LogP contribution is -2.47. The highest BCUT2D eigenvalue weighted by atomic mass is 35.5. The number of nitrogens with one attached hydrogen (secondary N) is 3. The van der Waals surface area contributed by atoms with Gasteiger partial charge in [0, 0.05) is 37.8 Å². The molecule has 31 heavy (non-hydrogen) atoms. The van der Waals surface area contributed by atoms with Gasteiger partial charge in [-0.05, 0) is 19.2 Å². The number of rotatable bonds is 7. The summed E-state index contributed by atoms with van der Waals surface area (Å²) in [5.41, 5.74) is 6.54. The van der Waals surface area contributed by atoms with Gasteiger partial charge in [-0.15, -0.1) is 0 Å². The number of nitro groups is 2. The maximum absolute atomic E-state index is 12.3. The molecule has 0 bridgehead atoms. The van der Waals surface area contributed by atoms with E-state index in [9.17, 15) is 25.0 Å². The molecule has 15 heteroatoms. The van der Waals surface area contributed by atoms with Gasteiger partial charge in [0.1, 0.15) is 11.3 Å². The number of carbonyl (C=O) groups is 1. The number of hydrogen-bond acceptors (Lipinski definition) is 11. The SMILES string of the molecule is CN1CCN(Nc2ncnc(NNC(=O)c3ccc(Cl)c([N+](=O)[O-])c3)c2[N+](=O)[O-])CC1. The molecule has 1 aliphatic rings. The summed E-state index contributed by atoms with van der Waals surface area (Å²) in [6.45, 7) is 2.82. The molecule has 1 aromatic heterocycles. The summed E-state index contributed by atoms with van der Waals surface area (Å²) in [6.07, 6.45) is 1.10. The molecule has 1 fully saturated rings. The van der Waals surface area contributed by atoms with E-state index in [0.717, 1.165) is 25.5 Å². The Labute approximate surface area is 180 Å². The van der Waals surface area contributed by atoms with Crippen molar-refractivity contribution in [1.82, 2.24) is 25.3 Å². The van der Waals surface area contributed by atoms with Gasteiger partial charge in [0.2, 0.25) is 11.6 Å². The summed E-state index contributed by atoms with van der Waals surface area (Å²) in [7, 11) is 1.98. The van der Waals surface area contributed by atoms with Crippen LogP contribution in [0.5, 0.6) is 0 Å². The minimum absolute atomic E-state index is 0.0385. The van der Waals surface area contributed by atoms with Gasteiger partial charge in [0.15, 0.2) is 0 Å². The standard InChI is InChI=1S/C16H18ClN9O5/c1-23-4-6-24(7-5-23)22-15-13(26(30)31)14(18-9-19-15)20-21-16(27)10-2-3-11(17)12(8-10)25(28)29/h2-3,8-9H,4-7H2,1H3,(H,21,27)(H2,18,19,20,22). The molecule has 2 aromatic rings. The smallest absolute Gasteiger partial charge is 0.304 e. The maximum Gasteiger partial charge on any atom is 0.356 e. The van der Waals surface area contributed by atoms with E-state index in [1.807, 2.05) is 7.05 Å². The number of likely N-dealkylation sites (N-methyl/N-ethyl adjacent to an activating group) is 1. The fraction of sp³-hybridized carbons (Fsp3) is 0.312. The first-order valence-corrected chi connectivity index (χ1v) is 9.34. The van der Waals surface area contributed by atoms with Gasteiger partial charge in [0.25, 0.3) is 11.6 Å². The molecule has 14 nitrogen and oxygen atoms in total. The largest absolute Gasteiger partial charge is 0.356 e. The predicted molar refractivity (Wildman–Crippen MR) is 111 cm³/mol. The second kappa shape index (κ2) is 9.46. The lowest BCUT2D eigenvalue weighted by Gasteiger charge is -2.32. The van der Waals surface area contributed by atoms with E-state index in [-0.39, 0.29) is 22.2 Å². The van der Waals surface area contributed by atoms with Crippen molar-refractivity contribution in [1.29, 1.82) is 0 Å². The number of hydrogen-bond donors (Lipinski definition) is 3. The number of aromatic nitrogens is 2. The molecule has 1 amide bonds. The second-order valence-corrected chi connectivity index (χ2v) is 6.99. The summed E-state index contributed by atoms with van der Waals surface area (Å²) in [5.74, 6) is -1.07. The second-order valence-electron chi connectivity index (χ2n) is 6.58. The highest BCUT2D eigenvalue weighted by Crippen LogP contribution is 2.29. The number of nitro benzene ring substituents is 1. The average Bonchev–Trinajstić information content (AvgIpc) is 2.73. The minimum atomic E-state index is -0.777. The van der Waals surface area contributed by atoms with Gasteiger partial charge in [-0.1, -0.05) is 11.6 Å². The van der Waals surface area contributed by atoms with Gasteiger partial charge in [-0.2, -0.15) is 0 Å². The zero-order valence-electron chi connectivity index (χ0n) is 16.2. The lowest BCUT2D eigenvalue weighted by molar-refractivity contribution is -0.384. The molecule has 0 spiro atoms. The average molecular weight is 452 g/mol. The van der Waals surface area contributed by atoms with Crippen LogP contribution in [0.2, 0.25) is 5.02 Å². The minimum Gasteiger partial charge on any atom is -0.304 e. The molecule has 2 heterocycles. The van der Waals surface area contributed by atoms with E-state index >= 15 is 0 Å². The fourth-order valence-corrected chi connectivity index (χ4v) is 2.96. The monoisotopic (exact) mass is 451 g/mol. The molecular weight excluding hydrogens is 434 g/mol. The van der Waals surface area contributed by atoms with Crippen molar-refractivity contribution >= 4 is 40.5 Å². The Morgan fingerprint density at radius 2 is 1.77 bits per heavy atom. The number of nitrogens with zero attached hydrogens (tertiary/aromatic N) is 6. The number of halogens is 1. The normalized spacial score (nSPS) is 14.6. The molecule has 164 valence electrons. The molecule has 1 aromatic carbocycles. The summed E-state index contributed by atoms with van der Waals surface area (Å²) < 4.78 is 0. The summed E-state index contributed by atoms with van der Waals surface area (Å²) in [5, 5.41) is 24.3. The van der Waals surface area contributed by atoms with Crippen molar-refractivity contribution in [2.45, 2.75) is 0 Å². The number of amides is 1. The Balaban J connectivity index is 1.75. The van der Waals surface area contributed by atoms with Crippen LogP contribution in [0.15, 0.2) is 24.5 Å². The van der Waals surface area contributed by atoms with E-state index in [0.29, 0.717) is 13.1 Å². The van der Waals surface area contributed by atoms with E-state index in [1.54, 1.807) is 5.01 Å². The van der Waals surface area contributed by atoms with Crippen LogP contribution in [0.4, 0.5) is 23.0 Å². The van der Waals surface area contributed by atoms with E-state index in [1.165, 1.54) is 12.1 Å². The van der Waals surface area contributed by atoms with Crippen molar-refractivity contribution in [3.8, 4) is 0 Å². The first-order valence-electron chi connectivity index (χ1n) is 8.96. The zero-order valence-corrected chi connectivity index (χ0v) is 17.0. The molecule has 3 N–H and O–H groups in total. The molecule has 3 rings (SSSR count). The molecule has 0 unspecified atom stereocenters. The Hall–Kier alpha value is -3.62. The molecule has 1 aliphatic heterocycles. The third-order valence-corrected chi connectivity index (χ3v) is 4.79. The lowest BCUT2D eigenvalue weighted by atomic mass is 10.2. The first kappa shape index (κ1) is 22.1. The Morgan fingerprint density at radius 1 is 1.10 bits per heavy atom. The molecule has 0 saturated carbocycles. The van der Waals surface area contributed by atoms with Crippen LogP contribution in [-0.2, 0) is 0 Å². The van der Waals surface area contributed by atoms with Crippen LogP contribution in [0, 0.1) is 20.2 Å². The van der Waals surface area contributed by atoms with Crippen LogP contribution in [0.3, 0.4) is 0 Å². The number of piperazine rings is 1. The summed E-state index contributed by atoms with van der Waals surface area (Å²) in [6, 6.07) is 3.48. The molecular formula is C16H18ClN9O5. The number of hydrazine groups is 2. The van der Waals surface area contributed by atoms with Gasteiger partial charge in [0.05, 0.1) is 9.85 Å². The Kier molecular flexibility index (Phi) is 6.74. The van der Waals surface area contributed by atoms with Crippen molar-refractivity contribution in [3.63, 3.8) is 0 Å². The zero-order chi connectivity index (χ0) is 22.5. The van der Waals surface area contributed by atoms with Gasteiger partial charge in [-0.3, -0.25) is 41.3 Å². The third-order valence-electron chi connectivity index (χ3n) is 4.47. The Bertz CT molecular complexity index is 1010. The van der Waals surface area contributed by atoms with Gasteiger partial charge < -0.3 is 4.90 Å². The topological polar surface area (TPSA) is 172 Å². The van der Waals surface area contributed by atoms with Crippen LogP contribution in [0.25, 0.3) is 0 Å². The highest BCUT2D eigenvalue weighted by molar-refractivity contribution is 6.32. The highest BCUT2D eigenvalue weighted by Gasteiger charge is 2.26. The van der Waals surface area contributed by atoms with E-state index < -0.39 is 27.1 Å². The van der Waals surface area contributed by atoms with Gasteiger partial charge >= 0.3 is 5.69 Å². The molecule has 1 saturated heterocycles. The van der Waals surface area contributed by atoms with Crippen LogP contribution < -0.4 is 16.3 Å². The first-order chi connectivity index (χ1) is 14.8. The maximum atomic E-state index is 12.3. The van der Waals surface area contributed by atoms with Crippen molar-refractivity contribution in [3.05, 3.63) is 55.3 Å². The summed E-state index contributed by atoms with van der Waals surface area (Å²) in [4.78, 5) is 43.4. The quantitative estimate of drug-likeness (QED) is 0.408. The number of carbonyl (C=O) groups excluding carboxylic acids is 1. The van der Waals surface area contributed by atoms with Crippen LogP contribution in [-0.4, -0.2) is 68.9 Å². The molecule has 0 atom stereocenters. The van der Waals surface area contributed by atoms with Crippen LogP contribution in [0.1, 0.15) is 10.4 Å². The molecule has 0 aliphatic carbocycles. The molecule has 0 radical (unpaired) electrons. The van der Waals surface area contributed by atoms with E-state index in [2.05, 4.69) is 31.1 Å². The fourth-order valence-electron chi connectivity index (χ4n) is 2.77. The Morgan fingerprint density at radius 3 is 2.42 bits per heavy atom. The van der Waals surface area contributed by atoms with Crippen molar-refractivity contribution in [2.24, 2.45) is 0 Å². The predicted octanol–water partition coefficient (Wildman–Crippen LogP) is 1.28. The van der Waals surface area contributed by atoms with Crippen LogP contribution >= 0.6 is 11.6 Å².